The number of esters is 3. The van der Waals surface area contributed by atoms with Crippen LogP contribution in [0.25, 0.3) is 0 Å². The SMILES string of the molecule is CCCCCC/C=C\CCCCCCCCCC(=O)OCC1OC(OC2C(O)C(O)C(O)C(OC3OC(CO)C(O)C(O)C3O)C2OP(=O)(O)OCC(COC(=O)CCCCC/C=C\CCCCCCCCC)OC(=O)CCCCCCCCCCCCCCCC)C(O)C(O)C1O. The lowest BCUT2D eigenvalue weighted by Gasteiger charge is -2.49. The summed E-state index contributed by atoms with van der Waals surface area (Å²) in [6.07, 6.45) is 15.2. The van der Waals surface area contributed by atoms with Crippen molar-refractivity contribution in [1.82, 2.24) is 0 Å². The molecule has 0 aromatic carbocycles. The topological polar surface area (TPSA) is 374 Å². The van der Waals surface area contributed by atoms with Gasteiger partial charge < -0.3 is 89.1 Å². The van der Waals surface area contributed by atoms with Crippen LogP contribution >= 0.6 is 7.82 Å². The first-order valence-corrected chi connectivity index (χ1v) is 39.6. The van der Waals surface area contributed by atoms with Gasteiger partial charge in [0.05, 0.1) is 13.2 Å². The summed E-state index contributed by atoms with van der Waals surface area (Å²) in [6, 6.07) is 0. The molecule has 2 heterocycles. The predicted octanol–water partition coefficient (Wildman–Crippen LogP) is 10.5. The highest BCUT2D eigenvalue weighted by molar-refractivity contribution is 7.47. The Morgan fingerprint density at radius 1 is 0.388 bits per heavy atom. The largest absolute Gasteiger partial charge is 0.472 e. The van der Waals surface area contributed by atoms with Crippen LogP contribution in [0.1, 0.15) is 290 Å². The second kappa shape index (κ2) is 55.0. The van der Waals surface area contributed by atoms with Gasteiger partial charge in [-0.1, -0.05) is 225 Å². The Morgan fingerprint density at radius 3 is 1.12 bits per heavy atom. The van der Waals surface area contributed by atoms with Gasteiger partial charge in [0.2, 0.25) is 0 Å². The molecule has 1 saturated carbocycles. The number of rotatable bonds is 59. The third kappa shape index (κ3) is 37.7. The predicted molar refractivity (Wildman–Crippen MR) is 370 cm³/mol. The Hall–Kier alpha value is -2.56. The zero-order valence-corrected chi connectivity index (χ0v) is 60.7. The monoisotopic (exact) mass is 1420 g/mol. The molecule has 3 fully saturated rings. The number of phosphoric ester groups is 1. The van der Waals surface area contributed by atoms with Crippen LogP contribution in [-0.2, 0) is 61.2 Å². The fourth-order valence-corrected chi connectivity index (χ4v) is 13.4. The van der Waals surface area contributed by atoms with E-state index >= 15 is 0 Å². The maximum absolute atomic E-state index is 14.3. The maximum atomic E-state index is 14.3. The molecule has 0 amide bonds. The number of carbonyl (C=O) groups excluding carboxylic acids is 3. The van der Waals surface area contributed by atoms with Gasteiger partial charge in [0.25, 0.3) is 0 Å². The Morgan fingerprint density at radius 2 is 0.714 bits per heavy atom. The van der Waals surface area contributed by atoms with Gasteiger partial charge in [0.15, 0.2) is 18.7 Å². The average molecular weight is 1430 g/mol. The summed E-state index contributed by atoms with van der Waals surface area (Å²) in [5.74, 6) is -2.01. The third-order valence-electron chi connectivity index (χ3n) is 18.7. The Labute approximate surface area is 585 Å². The van der Waals surface area contributed by atoms with E-state index in [1.54, 1.807) is 0 Å². The van der Waals surface area contributed by atoms with Crippen LogP contribution in [0.2, 0.25) is 0 Å². The highest BCUT2D eigenvalue weighted by Gasteiger charge is 2.58. The van der Waals surface area contributed by atoms with Crippen molar-refractivity contribution in [1.29, 1.82) is 0 Å². The summed E-state index contributed by atoms with van der Waals surface area (Å²) in [5.41, 5.74) is 0. The number of hydrogen-bond acceptors (Lipinski definition) is 23. The van der Waals surface area contributed by atoms with Crippen molar-refractivity contribution in [2.45, 2.75) is 395 Å². The molecule has 3 rings (SSSR count). The number of ether oxygens (including phenoxy) is 7. The van der Waals surface area contributed by atoms with Crippen molar-refractivity contribution in [3.63, 3.8) is 0 Å². The summed E-state index contributed by atoms with van der Waals surface area (Å²) in [7, 11) is -5.70. The van der Waals surface area contributed by atoms with Crippen LogP contribution < -0.4 is 0 Å². The molecule has 2 aliphatic heterocycles. The third-order valence-corrected chi connectivity index (χ3v) is 19.7. The molecule has 0 radical (unpaired) electrons. The molecular formula is C73H133O24P. The van der Waals surface area contributed by atoms with E-state index in [1.807, 2.05) is 0 Å². The van der Waals surface area contributed by atoms with Crippen molar-refractivity contribution in [2.24, 2.45) is 0 Å². The molecule has 1 aliphatic carbocycles. The van der Waals surface area contributed by atoms with E-state index in [2.05, 4.69) is 45.1 Å². The van der Waals surface area contributed by atoms with E-state index in [1.165, 1.54) is 116 Å². The highest BCUT2D eigenvalue weighted by Crippen LogP contribution is 2.49. The summed E-state index contributed by atoms with van der Waals surface area (Å²) >= 11 is 0. The normalized spacial score (nSPS) is 27.7. The smallest absolute Gasteiger partial charge is 0.463 e. The minimum Gasteiger partial charge on any atom is -0.463 e. The zero-order chi connectivity index (χ0) is 71.8. The molecule has 0 spiro atoms. The van der Waals surface area contributed by atoms with Gasteiger partial charge in [-0.25, -0.2) is 4.57 Å². The van der Waals surface area contributed by atoms with E-state index in [9.17, 15) is 74.9 Å². The Balaban J connectivity index is 1.73. The number of aliphatic hydroxyl groups excluding tert-OH is 10. The van der Waals surface area contributed by atoms with E-state index < -0.39 is 156 Å². The van der Waals surface area contributed by atoms with Crippen LogP contribution in [0.5, 0.6) is 0 Å². The van der Waals surface area contributed by atoms with Crippen LogP contribution in [0, 0.1) is 0 Å². The van der Waals surface area contributed by atoms with Crippen molar-refractivity contribution < 1.29 is 117 Å². The summed E-state index contributed by atoms with van der Waals surface area (Å²) in [5, 5.41) is 110. The molecule has 98 heavy (non-hydrogen) atoms. The molecule has 11 N–H and O–H groups in total. The van der Waals surface area contributed by atoms with Gasteiger partial charge in [-0.2, -0.15) is 0 Å². The van der Waals surface area contributed by atoms with Crippen molar-refractivity contribution >= 4 is 25.7 Å². The average Bonchev–Trinajstić information content (AvgIpc) is 0.718. The second-order valence-electron chi connectivity index (χ2n) is 27.4. The molecule has 0 bridgehead atoms. The lowest BCUT2D eigenvalue weighted by molar-refractivity contribution is -0.360. The van der Waals surface area contributed by atoms with Gasteiger partial charge in [-0.3, -0.25) is 23.4 Å². The second-order valence-corrected chi connectivity index (χ2v) is 28.8. The molecule has 0 aromatic heterocycles. The number of carbonyl (C=O) groups is 3. The Kier molecular flexibility index (Phi) is 50.3. The minimum atomic E-state index is -5.70. The molecule has 3 aliphatic rings. The number of aliphatic hydroxyl groups is 10. The lowest BCUT2D eigenvalue weighted by atomic mass is 9.84. The number of phosphoric acid groups is 1. The first-order valence-electron chi connectivity index (χ1n) is 38.1. The first-order chi connectivity index (χ1) is 47.3. The van der Waals surface area contributed by atoms with Crippen LogP contribution in [0.15, 0.2) is 24.3 Å². The number of hydrogen-bond donors (Lipinski definition) is 11. The van der Waals surface area contributed by atoms with E-state index in [-0.39, 0.29) is 19.3 Å². The molecule has 25 heteroatoms. The van der Waals surface area contributed by atoms with Crippen molar-refractivity contribution in [3.05, 3.63) is 24.3 Å². The van der Waals surface area contributed by atoms with Gasteiger partial charge in [-0.15, -0.1) is 0 Å². The van der Waals surface area contributed by atoms with Gasteiger partial charge in [-0.05, 0) is 70.6 Å². The van der Waals surface area contributed by atoms with Crippen molar-refractivity contribution in [3.8, 4) is 0 Å². The van der Waals surface area contributed by atoms with E-state index in [4.69, 9.17) is 42.2 Å². The molecule has 2 saturated heterocycles. The van der Waals surface area contributed by atoms with Gasteiger partial charge in [0.1, 0.15) is 98.7 Å². The van der Waals surface area contributed by atoms with E-state index in [0.717, 1.165) is 116 Å². The fourth-order valence-electron chi connectivity index (χ4n) is 12.5. The molecule has 18 unspecified atom stereocenters. The number of allylic oxidation sites excluding steroid dienone is 4. The maximum Gasteiger partial charge on any atom is 0.472 e. The first kappa shape index (κ1) is 89.7. The highest BCUT2D eigenvalue weighted by atomic mass is 31.2. The standard InChI is InChI=1S/C73H133O24P/c1-4-7-10-13-16-19-22-25-28-31-33-36-39-42-45-48-58(76)90-53-56-61(79)63(81)68(86)73(94-56)96-70-66(84)64(82)65(83)69(95-72-67(85)62(80)60(78)55(50-74)93-72)71(70)97-98(87,88)91-52-54(92-59(77)49-46-43-40-37-34-30-27-24-21-18-15-12-9-6-3)51-89-57(75)47-44-41-38-35-32-29-26-23-20-17-14-11-8-5-2/h19,22,29,32,54-56,60-74,78-86H,4-18,20-21,23-28,30-31,33-53H2,1-3H3,(H,87,88)/b22-19-,32-29-. The van der Waals surface area contributed by atoms with Crippen LogP contribution in [-0.4, -0.2) is 204 Å². The summed E-state index contributed by atoms with van der Waals surface area (Å²) in [4.78, 5) is 51.0. The summed E-state index contributed by atoms with van der Waals surface area (Å²) < 4.78 is 65.0. The summed E-state index contributed by atoms with van der Waals surface area (Å²) in [6.45, 7) is 3.42. The van der Waals surface area contributed by atoms with Crippen LogP contribution in [0.3, 0.4) is 0 Å². The minimum absolute atomic E-state index is 0.0232. The Bertz CT molecular complexity index is 2120. The van der Waals surface area contributed by atoms with Gasteiger partial charge >= 0.3 is 25.7 Å². The number of unbranched alkanes of at least 4 members (excludes halogenated alkanes) is 34. The lowest BCUT2D eigenvalue weighted by Crippen LogP contribution is -2.69. The molecule has 24 nitrogen and oxygen atoms in total. The quantitative estimate of drug-likeness (QED) is 0.00886. The molecule has 18 atom stereocenters. The van der Waals surface area contributed by atoms with Crippen molar-refractivity contribution in [2.75, 3.05) is 26.4 Å². The van der Waals surface area contributed by atoms with Gasteiger partial charge in [0, 0.05) is 19.3 Å². The molecule has 0 aromatic rings. The molecule has 574 valence electrons. The van der Waals surface area contributed by atoms with E-state index in [0.29, 0.717) is 19.3 Å². The van der Waals surface area contributed by atoms with Crippen LogP contribution in [0.4, 0.5) is 0 Å². The fraction of sp³-hybridized carbons (Fsp3) is 0.904. The zero-order valence-electron chi connectivity index (χ0n) is 59.8. The molecular weight excluding hydrogens is 1290 g/mol.